The number of hydrogen-bond donors (Lipinski definition) is 3. The number of ether oxygens (including phenoxy) is 2. The van der Waals surface area contributed by atoms with Crippen LogP contribution in [0.15, 0.2) is 166 Å². The minimum Gasteiger partial charge on any atom is -0.494 e. The van der Waals surface area contributed by atoms with Gasteiger partial charge in [0.2, 0.25) is 11.9 Å². The molecule has 3 atom stereocenters. The molecule has 0 aliphatic carbocycles. The molecule has 3 aromatic carbocycles. The number of rotatable bonds is 17. The topological polar surface area (TPSA) is 380 Å². The number of fused-ring (bicyclic) bond motifs is 3. The number of carbonyl (C=O) groups is 6. The van der Waals surface area contributed by atoms with Gasteiger partial charge in [0.1, 0.15) is 48.5 Å². The van der Waals surface area contributed by atoms with Crippen molar-refractivity contribution in [2.45, 2.75) is 58.9 Å². The van der Waals surface area contributed by atoms with Crippen LogP contribution in [0.3, 0.4) is 0 Å². The molecule has 6 fully saturated rings. The van der Waals surface area contributed by atoms with Crippen molar-refractivity contribution in [2.75, 3.05) is 103 Å². The van der Waals surface area contributed by atoms with Gasteiger partial charge in [-0.15, -0.1) is 25.5 Å². The zero-order chi connectivity index (χ0) is 80.3. The summed E-state index contributed by atoms with van der Waals surface area (Å²) in [6.45, 7) is 12.6. The lowest BCUT2D eigenvalue weighted by Gasteiger charge is -2.25. The van der Waals surface area contributed by atoms with Gasteiger partial charge in [-0.25, -0.2) is 43.4 Å². The van der Waals surface area contributed by atoms with Crippen LogP contribution in [0.5, 0.6) is 11.5 Å². The van der Waals surface area contributed by atoms with Crippen LogP contribution in [-0.4, -0.2) is 251 Å². The lowest BCUT2D eigenvalue weighted by atomic mass is 9.86. The molecule has 6 aliphatic rings. The number of ketones is 3. The highest BCUT2D eigenvalue weighted by Crippen LogP contribution is 2.45. The molecule has 17 heterocycles. The van der Waals surface area contributed by atoms with Crippen LogP contribution in [0.4, 0.5) is 16.3 Å². The number of halogens is 1. The highest BCUT2D eigenvalue weighted by atomic mass is 19.1. The van der Waals surface area contributed by atoms with Crippen molar-refractivity contribution >= 4 is 79.7 Å². The normalized spacial score (nSPS) is 19.1. The summed E-state index contributed by atoms with van der Waals surface area (Å²) in [5.74, 6) is 0.525. The predicted molar refractivity (Wildman–Crippen MR) is 422 cm³/mol. The van der Waals surface area contributed by atoms with E-state index in [1.165, 1.54) is 58.6 Å². The zero-order valence-corrected chi connectivity index (χ0v) is 64.4. The average Bonchev–Trinajstić information content (AvgIpc) is 1.63. The van der Waals surface area contributed by atoms with Crippen molar-refractivity contribution in [3.05, 3.63) is 206 Å². The number of likely N-dealkylation sites (tertiary alicyclic amines) is 4. The molecule has 0 radical (unpaired) electrons. The molecule has 3 N–H and O–H groups in total. The Morgan fingerprint density at radius 2 is 0.863 bits per heavy atom. The second-order valence-corrected chi connectivity index (χ2v) is 30.8. The Labute approximate surface area is 666 Å². The number of benzene rings is 3. The highest BCUT2D eigenvalue weighted by molar-refractivity contribution is 6.46. The predicted octanol–water partition coefficient (Wildman–Crippen LogP) is 7.30. The van der Waals surface area contributed by atoms with Crippen molar-refractivity contribution in [3.63, 3.8) is 0 Å². The van der Waals surface area contributed by atoms with Crippen LogP contribution in [0, 0.1) is 35.9 Å². The monoisotopic (exact) mass is 1580 g/mol. The number of nitrogens with one attached hydrogen (secondary N) is 3. The number of aromatic nitrogens is 21. The van der Waals surface area contributed by atoms with Gasteiger partial charge in [0, 0.05) is 113 Å². The van der Waals surface area contributed by atoms with E-state index in [4.69, 9.17) is 9.47 Å². The number of aryl methyl sites for hydroxylation is 2. The Bertz CT molecular complexity index is 6110. The van der Waals surface area contributed by atoms with Crippen LogP contribution in [0.2, 0.25) is 0 Å². The van der Waals surface area contributed by atoms with Crippen molar-refractivity contribution in [2.24, 2.45) is 16.2 Å². The first-order valence-corrected chi connectivity index (χ1v) is 38.5. The Morgan fingerprint density at radius 3 is 1.30 bits per heavy atom. The van der Waals surface area contributed by atoms with Gasteiger partial charge in [0.05, 0.1) is 106 Å². The summed E-state index contributed by atoms with van der Waals surface area (Å²) < 4.78 is 34.2. The fraction of sp³-hybridized carbons (Fsp3) is 0.321. The average molecular weight is 1580 g/mol. The summed E-state index contributed by atoms with van der Waals surface area (Å²) in [5.41, 5.74) is 4.90. The fourth-order valence-corrected chi connectivity index (χ4v) is 17.6. The van der Waals surface area contributed by atoms with Gasteiger partial charge in [-0.2, -0.15) is 10.2 Å². The van der Waals surface area contributed by atoms with Crippen LogP contribution in [0.1, 0.15) is 86.8 Å². The molecule has 36 heteroatoms. The second-order valence-electron chi connectivity index (χ2n) is 30.8. The maximum Gasteiger partial charge on any atom is 0.295 e. The number of hydrogen-bond acceptors (Lipinski definition) is 24. The number of Topliss-reactive ketones (excluding diaryl/α,β-unsaturated/α-hetero) is 3. The SMILES string of the molecule is COc1cnc(-n2cnc(C)n2)c2[nH]cc(C(=O)C(=O)N3CCC4(CCN(Cc5ccccc5)C4)C3)c12.COc1cnc(-n2cnc(C)n2)c2[nH]cc(C(=O)C(=O)N3CCC4(CCN(c5nncn5-c5ccccc5)C4)C3)c12.O=C(C(=O)N1CCC2(CCN(c3nncn3-c3ccccc3)C2)C1)c1c[nH]c2c(-n3ccnn3)ncc(F)c12. The van der Waals surface area contributed by atoms with E-state index in [9.17, 15) is 33.2 Å². The van der Waals surface area contributed by atoms with Gasteiger partial charge in [-0.05, 0) is 88.7 Å². The van der Waals surface area contributed by atoms with E-state index >= 15 is 0 Å². The number of pyridine rings is 3. The first kappa shape index (κ1) is 74.4. The van der Waals surface area contributed by atoms with E-state index in [1.54, 1.807) is 72.4 Å². The molecular weight excluding hydrogens is 1500 g/mol. The molecule has 3 spiro atoms. The second kappa shape index (κ2) is 30.4. The Morgan fingerprint density at radius 1 is 0.453 bits per heavy atom. The van der Waals surface area contributed by atoms with Crippen LogP contribution >= 0.6 is 0 Å². The Hall–Kier alpha value is -14.1. The van der Waals surface area contributed by atoms with Crippen LogP contribution in [0.25, 0.3) is 61.5 Å². The maximum atomic E-state index is 14.9. The van der Waals surface area contributed by atoms with Gasteiger partial charge in [0.15, 0.2) is 23.3 Å². The quantitative estimate of drug-likeness (QED) is 0.0594. The molecule has 594 valence electrons. The van der Waals surface area contributed by atoms with Gasteiger partial charge in [-0.1, -0.05) is 71.9 Å². The summed E-state index contributed by atoms with van der Waals surface area (Å²) in [6, 6.07) is 30.3. The number of H-pyrrole nitrogens is 3. The third-order valence-corrected chi connectivity index (χ3v) is 23.5. The summed E-state index contributed by atoms with van der Waals surface area (Å²) in [6.07, 6.45) is 23.4. The molecule has 14 aromatic rings. The van der Waals surface area contributed by atoms with Crippen molar-refractivity contribution < 1.29 is 42.6 Å². The summed E-state index contributed by atoms with van der Waals surface area (Å²) in [4.78, 5) is 123. The zero-order valence-electron chi connectivity index (χ0n) is 64.4. The molecule has 3 amide bonds. The minimum absolute atomic E-state index is 0.00931. The highest BCUT2D eigenvalue weighted by Gasteiger charge is 2.50. The number of methoxy groups -OCH3 is 2. The third-order valence-electron chi connectivity index (χ3n) is 23.5. The lowest BCUT2D eigenvalue weighted by molar-refractivity contribution is -0.126. The van der Waals surface area contributed by atoms with Crippen LogP contribution in [-0.2, 0) is 20.9 Å². The third kappa shape index (κ3) is 13.9. The molecule has 6 aliphatic heterocycles. The molecule has 6 saturated heterocycles. The molecule has 20 rings (SSSR count). The van der Waals surface area contributed by atoms with Gasteiger partial charge >= 0.3 is 0 Å². The smallest absolute Gasteiger partial charge is 0.295 e. The van der Waals surface area contributed by atoms with Crippen LogP contribution < -0.4 is 19.3 Å². The number of para-hydroxylation sites is 2. The van der Waals surface area contributed by atoms with Gasteiger partial charge in [-0.3, -0.25) is 42.8 Å². The van der Waals surface area contributed by atoms with E-state index in [-0.39, 0.29) is 49.7 Å². The molecular formula is C81H80FN27O8. The van der Waals surface area contributed by atoms with E-state index in [2.05, 4.69) is 120 Å². The minimum atomic E-state index is -0.758. The Kier molecular flexibility index (Phi) is 19.3. The molecule has 0 bridgehead atoms. The number of amides is 3. The molecule has 35 nitrogen and oxygen atoms in total. The number of anilines is 2. The number of nitrogens with zero attached hydrogens (tertiary/aromatic N) is 24. The van der Waals surface area contributed by atoms with E-state index in [0.717, 1.165) is 107 Å². The standard InChI is InChI=1S/C28H28N10O3.C27H29N7O3.C26H23FN10O2/c1-18-31-16-38(34-18)25-23-22(21(41-2)13-30-25)20(12-29-23)24(39)26(40)35-10-8-28(14-35)9-11-36(15-28)27-33-32-17-37(27)19-6-4-3-5-7-19;1-18-30-17-34(31-18)25-23-22(21(37-2)13-29-25)20(12-28-23)24(35)26(36)33-11-9-27(16-33)8-10-32(15-27)14-19-6-4-3-5-7-19;27-19-13-29-23(37-11-8-30-33-37)21-20(19)18(12-28-21)22(38)24(39)34-9-6-26(14-34)7-10-35(15-26)25-32-31-16-36(25)17-4-2-1-3-5-17/h3-7,12-13,16-17,29H,8-11,14-15H2,1-2H3;3-7,12-13,17,28H,8-11,14-16H2,1-2H3;1-5,8,11-13,16,28H,6-7,9-10,14-15H2. The molecule has 0 saturated carbocycles. The van der Waals surface area contributed by atoms with E-state index in [1.807, 2.05) is 75.9 Å². The Balaban J connectivity index is 0.000000121. The fourth-order valence-electron chi connectivity index (χ4n) is 17.6. The largest absolute Gasteiger partial charge is 0.494 e. The number of aromatic amines is 3. The van der Waals surface area contributed by atoms with Gasteiger partial charge < -0.3 is 48.9 Å². The molecule has 11 aromatic heterocycles. The van der Waals surface area contributed by atoms with Gasteiger partial charge in [0.25, 0.3) is 35.1 Å². The molecule has 3 unspecified atom stereocenters. The van der Waals surface area contributed by atoms with Crippen molar-refractivity contribution in [1.29, 1.82) is 0 Å². The maximum absolute atomic E-state index is 14.9. The van der Waals surface area contributed by atoms with E-state index in [0.29, 0.717) is 102 Å². The summed E-state index contributed by atoms with van der Waals surface area (Å²) in [5, 5.41) is 34.4. The summed E-state index contributed by atoms with van der Waals surface area (Å²) in [7, 11) is 3.03. The lowest BCUT2D eigenvalue weighted by Crippen LogP contribution is -2.38. The molecule has 117 heavy (non-hydrogen) atoms. The van der Waals surface area contributed by atoms with Crippen molar-refractivity contribution in [1.82, 2.24) is 124 Å². The first-order chi connectivity index (χ1) is 56.9. The first-order valence-electron chi connectivity index (χ1n) is 38.5. The summed E-state index contributed by atoms with van der Waals surface area (Å²) >= 11 is 0. The van der Waals surface area contributed by atoms with Crippen molar-refractivity contribution in [3.8, 4) is 40.3 Å². The van der Waals surface area contributed by atoms with E-state index < -0.39 is 40.9 Å². The number of carbonyl (C=O) groups excluding carboxylic acids is 6.